The van der Waals surface area contributed by atoms with Gasteiger partial charge in [-0.15, -0.1) is 0 Å². The summed E-state index contributed by atoms with van der Waals surface area (Å²) in [5, 5.41) is 7.24. The Bertz CT molecular complexity index is 1870. The summed E-state index contributed by atoms with van der Waals surface area (Å²) in [6, 6.07) is 41.0. The first-order valence-corrected chi connectivity index (χ1v) is 12.2. The Kier molecular flexibility index (Phi) is 4.36. The minimum Gasteiger partial charge on any atom is -0.455 e. The molecule has 0 unspecified atom stereocenters. The molecule has 2 heteroatoms. The zero-order chi connectivity index (χ0) is 22.6. The number of hydrogen-bond acceptors (Lipinski definition) is 1. The highest BCUT2D eigenvalue weighted by molar-refractivity contribution is 9.10. The Morgan fingerprint density at radius 1 is 0.471 bits per heavy atom. The molecule has 1 nitrogen and oxygen atoms in total. The van der Waals surface area contributed by atoms with Crippen LogP contribution in [-0.4, -0.2) is 0 Å². The van der Waals surface area contributed by atoms with Gasteiger partial charge in [-0.05, 0) is 84.0 Å². The smallest absolute Gasteiger partial charge is 0.149 e. The summed E-state index contributed by atoms with van der Waals surface area (Å²) < 4.78 is 7.36. The summed E-state index contributed by atoms with van der Waals surface area (Å²) in [6.07, 6.45) is 0. The number of benzene rings is 6. The van der Waals surface area contributed by atoms with Crippen molar-refractivity contribution >= 4 is 59.4 Å². The molecule has 0 aliphatic heterocycles. The van der Waals surface area contributed by atoms with Crippen LogP contribution in [0.3, 0.4) is 0 Å². The van der Waals surface area contributed by atoms with Crippen molar-refractivity contribution in [3.63, 3.8) is 0 Å². The predicted molar refractivity (Wildman–Crippen MR) is 147 cm³/mol. The molecule has 0 amide bonds. The molecule has 7 rings (SSSR count). The van der Waals surface area contributed by atoms with E-state index in [0.29, 0.717) is 0 Å². The molecule has 0 N–H and O–H groups in total. The first-order chi connectivity index (χ1) is 16.8. The average molecular weight is 499 g/mol. The van der Waals surface area contributed by atoms with Gasteiger partial charge in [0.15, 0.2) is 0 Å². The maximum Gasteiger partial charge on any atom is 0.149 e. The molecule has 0 aliphatic rings. The SMILES string of the molecule is Brc1cc(-c2cccc3ccccc23)cc2c1oc1cc(-c3cccc4ccccc34)ccc12. The van der Waals surface area contributed by atoms with Crippen molar-refractivity contribution in [2.45, 2.75) is 0 Å². The molecule has 0 fully saturated rings. The lowest BCUT2D eigenvalue weighted by molar-refractivity contribution is 0.667. The van der Waals surface area contributed by atoms with Gasteiger partial charge in [0.05, 0.1) is 4.47 Å². The molecule has 0 aliphatic carbocycles. The minimum atomic E-state index is 0.883. The van der Waals surface area contributed by atoms with E-state index in [0.717, 1.165) is 32.0 Å². The minimum absolute atomic E-state index is 0.883. The summed E-state index contributed by atoms with van der Waals surface area (Å²) in [5.74, 6) is 0. The third-order valence-corrected chi connectivity index (χ3v) is 7.32. The van der Waals surface area contributed by atoms with E-state index in [-0.39, 0.29) is 0 Å². The molecule has 160 valence electrons. The van der Waals surface area contributed by atoms with Crippen LogP contribution in [0.4, 0.5) is 0 Å². The van der Waals surface area contributed by atoms with Gasteiger partial charge < -0.3 is 4.42 Å². The molecule has 0 bridgehead atoms. The van der Waals surface area contributed by atoms with Gasteiger partial charge in [0.25, 0.3) is 0 Å². The molecule has 1 aromatic heterocycles. The summed E-state index contributed by atoms with van der Waals surface area (Å²) in [7, 11) is 0. The number of hydrogen-bond donors (Lipinski definition) is 0. The van der Waals surface area contributed by atoms with E-state index >= 15 is 0 Å². The fourth-order valence-electron chi connectivity index (χ4n) is 5.11. The van der Waals surface area contributed by atoms with Gasteiger partial charge >= 0.3 is 0 Å². The third-order valence-electron chi connectivity index (χ3n) is 6.73. The van der Waals surface area contributed by atoms with Crippen molar-refractivity contribution in [2.24, 2.45) is 0 Å². The van der Waals surface area contributed by atoms with Crippen molar-refractivity contribution in [1.82, 2.24) is 0 Å². The average Bonchev–Trinajstić information content (AvgIpc) is 3.26. The number of rotatable bonds is 2. The highest BCUT2D eigenvalue weighted by Gasteiger charge is 2.15. The first kappa shape index (κ1) is 19.6. The van der Waals surface area contributed by atoms with Gasteiger partial charge in [0.1, 0.15) is 11.2 Å². The predicted octanol–water partition coefficient (Wildman–Crippen LogP) is 9.99. The van der Waals surface area contributed by atoms with Gasteiger partial charge in [-0.2, -0.15) is 0 Å². The van der Waals surface area contributed by atoms with Crippen LogP contribution in [0.1, 0.15) is 0 Å². The maximum absolute atomic E-state index is 6.39. The number of fused-ring (bicyclic) bond motifs is 5. The van der Waals surface area contributed by atoms with E-state index in [1.54, 1.807) is 0 Å². The van der Waals surface area contributed by atoms with Crippen LogP contribution in [-0.2, 0) is 0 Å². The van der Waals surface area contributed by atoms with Crippen LogP contribution >= 0.6 is 15.9 Å². The molecule has 0 radical (unpaired) electrons. The van der Waals surface area contributed by atoms with Crippen LogP contribution in [0.15, 0.2) is 124 Å². The van der Waals surface area contributed by atoms with Gasteiger partial charge in [0, 0.05) is 10.8 Å². The highest BCUT2D eigenvalue weighted by Crippen LogP contribution is 2.40. The third kappa shape index (κ3) is 2.99. The van der Waals surface area contributed by atoms with Crippen molar-refractivity contribution in [3.05, 3.63) is 120 Å². The van der Waals surface area contributed by atoms with E-state index in [1.165, 1.54) is 38.2 Å². The Labute approximate surface area is 205 Å². The highest BCUT2D eigenvalue weighted by atomic mass is 79.9. The van der Waals surface area contributed by atoms with Crippen LogP contribution < -0.4 is 0 Å². The van der Waals surface area contributed by atoms with Gasteiger partial charge in [-0.3, -0.25) is 0 Å². The lowest BCUT2D eigenvalue weighted by atomic mass is 9.96. The summed E-state index contributed by atoms with van der Waals surface area (Å²) >= 11 is 3.79. The maximum atomic E-state index is 6.39. The van der Waals surface area contributed by atoms with Crippen LogP contribution in [0.25, 0.3) is 65.7 Å². The topological polar surface area (TPSA) is 13.1 Å². The molecule has 0 atom stereocenters. The van der Waals surface area contributed by atoms with Crippen LogP contribution in [0.5, 0.6) is 0 Å². The van der Waals surface area contributed by atoms with E-state index < -0.39 is 0 Å². The Balaban J connectivity index is 1.44. The summed E-state index contributed by atoms with van der Waals surface area (Å²) in [4.78, 5) is 0. The van der Waals surface area contributed by atoms with E-state index in [2.05, 4.69) is 131 Å². The lowest BCUT2D eigenvalue weighted by Gasteiger charge is -2.08. The van der Waals surface area contributed by atoms with Gasteiger partial charge in [0.2, 0.25) is 0 Å². The molecule has 34 heavy (non-hydrogen) atoms. The number of furan rings is 1. The standard InChI is InChI=1S/C32H19BrO/c33-30-18-23(27-14-6-10-21-8-2-4-12-25(21)27)17-29-28-16-15-22(19-31(28)34-32(29)30)26-13-5-9-20-7-1-3-11-24(20)26/h1-19H. The second-order valence-corrected chi connectivity index (χ2v) is 9.56. The monoisotopic (exact) mass is 498 g/mol. The van der Waals surface area contributed by atoms with Crippen molar-refractivity contribution < 1.29 is 4.42 Å². The Hall–Kier alpha value is -3.88. The molecule has 0 saturated heterocycles. The molecule has 0 spiro atoms. The fraction of sp³-hybridized carbons (Fsp3) is 0. The van der Waals surface area contributed by atoms with Crippen molar-refractivity contribution in [1.29, 1.82) is 0 Å². The molecule has 6 aromatic carbocycles. The number of halogens is 1. The zero-order valence-electron chi connectivity index (χ0n) is 18.3. The van der Waals surface area contributed by atoms with E-state index in [9.17, 15) is 0 Å². The van der Waals surface area contributed by atoms with Crippen LogP contribution in [0.2, 0.25) is 0 Å². The molecule has 1 heterocycles. The van der Waals surface area contributed by atoms with Gasteiger partial charge in [-0.25, -0.2) is 0 Å². The van der Waals surface area contributed by atoms with E-state index in [1.807, 2.05) is 0 Å². The largest absolute Gasteiger partial charge is 0.455 e. The Morgan fingerprint density at radius 2 is 1.09 bits per heavy atom. The normalized spacial score (nSPS) is 11.7. The summed E-state index contributed by atoms with van der Waals surface area (Å²) in [6.45, 7) is 0. The molecular weight excluding hydrogens is 480 g/mol. The van der Waals surface area contributed by atoms with Crippen molar-refractivity contribution in [3.8, 4) is 22.3 Å². The van der Waals surface area contributed by atoms with E-state index in [4.69, 9.17) is 4.42 Å². The van der Waals surface area contributed by atoms with Gasteiger partial charge in [-0.1, -0.05) is 91.0 Å². The second-order valence-electron chi connectivity index (χ2n) is 8.70. The quantitative estimate of drug-likeness (QED) is 0.231. The van der Waals surface area contributed by atoms with Crippen molar-refractivity contribution in [2.75, 3.05) is 0 Å². The summed E-state index contributed by atoms with van der Waals surface area (Å²) in [5.41, 5.74) is 6.56. The zero-order valence-corrected chi connectivity index (χ0v) is 19.8. The Morgan fingerprint density at radius 3 is 1.79 bits per heavy atom. The molecular formula is C32H19BrO. The fourth-order valence-corrected chi connectivity index (χ4v) is 5.65. The first-order valence-electron chi connectivity index (χ1n) is 11.4. The molecule has 7 aromatic rings. The lowest BCUT2D eigenvalue weighted by Crippen LogP contribution is -1.82. The second kappa shape index (κ2) is 7.58. The molecule has 0 saturated carbocycles. The van der Waals surface area contributed by atoms with Crippen LogP contribution in [0, 0.1) is 0 Å².